The zero-order valence-electron chi connectivity index (χ0n) is 15.9. The van der Waals surface area contributed by atoms with E-state index in [9.17, 15) is 4.79 Å². The van der Waals surface area contributed by atoms with Crippen LogP contribution >= 0.6 is 0 Å². The highest BCUT2D eigenvalue weighted by Crippen LogP contribution is 2.15. The van der Waals surface area contributed by atoms with Gasteiger partial charge in [0, 0.05) is 58.7 Å². The van der Waals surface area contributed by atoms with E-state index in [4.69, 9.17) is 4.74 Å². The van der Waals surface area contributed by atoms with Crippen molar-refractivity contribution in [3.63, 3.8) is 0 Å². The van der Waals surface area contributed by atoms with Crippen LogP contribution in [0.2, 0.25) is 0 Å². The second kappa shape index (κ2) is 7.85. The summed E-state index contributed by atoms with van der Waals surface area (Å²) in [7, 11) is 2.03. The van der Waals surface area contributed by atoms with Crippen LogP contribution in [-0.2, 0) is 23.1 Å². The number of carbonyl (C=O) groups excluding carboxylic acids is 1. The summed E-state index contributed by atoms with van der Waals surface area (Å²) in [4.78, 5) is 24.0. The number of piperazine rings is 1. The summed E-state index contributed by atoms with van der Waals surface area (Å²) in [5.41, 5.74) is 0. The maximum absolute atomic E-state index is 12.9. The van der Waals surface area contributed by atoms with E-state index in [2.05, 4.69) is 19.4 Å². The largest absolute Gasteiger partial charge is 0.372 e. The number of hydrogen-bond donors (Lipinski definition) is 0. The molecule has 3 rings (SSSR count). The van der Waals surface area contributed by atoms with Crippen molar-refractivity contribution in [2.45, 2.75) is 45.6 Å². The smallest absolute Gasteiger partial charge is 0.239 e. The zero-order chi connectivity index (χ0) is 18.0. The molecule has 0 aromatic carbocycles. The number of morpholine rings is 1. The number of amides is 1. The molecular formula is C18H31N5O2. The maximum Gasteiger partial charge on any atom is 0.239 e. The van der Waals surface area contributed by atoms with Gasteiger partial charge in [0.15, 0.2) is 0 Å². The van der Waals surface area contributed by atoms with Gasteiger partial charge in [-0.1, -0.05) is 0 Å². The summed E-state index contributed by atoms with van der Waals surface area (Å²) in [5, 5.41) is 0. The summed E-state index contributed by atoms with van der Waals surface area (Å²) in [6.45, 7) is 12.2. The van der Waals surface area contributed by atoms with Gasteiger partial charge >= 0.3 is 0 Å². The fraction of sp³-hybridized carbons (Fsp3) is 0.778. The van der Waals surface area contributed by atoms with Gasteiger partial charge in [-0.15, -0.1) is 0 Å². The first-order valence-corrected chi connectivity index (χ1v) is 9.31. The quantitative estimate of drug-likeness (QED) is 0.795. The molecule has 0 unspecified atom stereocenters. The minimum absolute atomic E-state index is 0.0622. The number of ether oxygens (including phenoxy) is 1. The van der Waals surface area contributed by atoms with Crippen LogP contribution in [0.5, 0.6) is 0 Å². The van der Waals surface area contributed by atoms with Crippen molar-refractivity contribution in [1.82, 2.24) is 24.3 Å². The number of aryl methyl sites for hydroxylation is 1. The average molecular weight is 349 g/mol. The summed E-state index contributed by atoms with van der Waals surface area (Å²) in [5.74, 6) is 1.33. The Labute approximate surface area is 150 Å². The van der Waals surface area contributed by atoms with Crippen LogP contribution in [0, 0.1) is 0 Å². The molecule has 0 saturated carbocycles. The van der Waals surface area contributed by atoms with E-state index >= 15 is 0 Å². The minimum atomic E-state index is -0.0622. The maximum atomic E-state index is 12.9. The van der Waals surface area contributed by atoms with Crippen molar-refractivity contribution >= 4 is 5.91 Å². The highest BCUT2D eigenvalue weighted by atomic mass is 16.5. The Morgan fingerprint density at radius 1 is 1.24 bits per heavy atom. The fourth-order valence-electron chi connectivity index (χ4n) is 3.84. The lowest BCUT2D eigenvalue weighted by molar-refractivity contribution is -0.148. The summed E-state index contributed by atoms with van der Waals surface area (Å²) in [6.07, 6.45) is 4.07. The van der Waals surface area contributed by atoms with Gasteiger partial charge in [-0.05, 0) is 20.8 Å². The number of imidazole rings is 1. The standard InChI is InChI=1S/C18H31N5O2/c1-14-11-23(12-15(2)25-14)18(24)16(3)22-9-7-21(8-10-22)13-17-19-5-6-20(17)4/h5-6,14-16H,7-13H2,1-4H3/t14-,15-,16+/m1/s1. The molecule has 25 heavy (non-hydrogen) atoms. The van der Waals surface area contributed by atoms with Gasteiger partial charge in [-0.3, -0.25) is 14.6 Å². The molecule has 1 amide bonds. The molecule has 2 fully saturated rings. The van der Waals surface area contributed by atoms with E-state index in [1.807, 2.05) is 45.1 Å². The molecule has 7 heteroatoms. The molecule has 3 heterocycles. The van der Waals surface area contributed by atoms with Crippen molar-refractivity contribution in [3.8, 4) is 0 Å². The molecule has 1 aromatic rings. The van der Waals surface area contributed by atoms with E-state index in [1.54, 1.807) is 0 Å². The Bertz CT molecular complexity index is 572. The first kappa shape index (κ1) is 18.4. The number of nitrogens with zero attached hydrogens (tertiary/aromatic N) is 5. The van der Waals surface area contributed by atoms with Gasteiger partial charge < -0.3 is 14.2 Å². The van der Waals surface area contributed by atoms with E-state index in [0.717, 1.165) is 38.5 Å². The van der Waals surface area contributed by atoms with Crippen molar-refractivity contribution in [1.29, 1.82) is 0 Å². The van der Waals surface area contributed by atoms with Crippen LogP contribution in [0.25, 0.3) is 0 Å². The van der Waals surface area contributed by atoms with E-state index in [-0.39, 0.29) is 24.2 Å². The molecular weight excluding hydrogens is 318 g/mol. The van der Waals surface area contributed by atoms with Crippen LogP contribution in [0.4, 0.5) is 0 Å². The zero-order valence-corrected chi connectivity index (χ0v) is 15.9. The first-order valence-electron chi connectivity index (χ1n) is 9.31. The Balaban J connectivity index is 1.50. The predicted octanol–water partition coefficient (Wildman–Crippen LogP) is 0.562. The molecule has 0 bridgehead atoms. The van der Waals surface area contributed by atoms with Gasteiger partial charge in [0.1, 0.15) is 5.82 Å². The number of hydrogen-bond acceptors (Lipinski definition) is 5. The van der Waals surface area contributed by atoms with Crippen LogP contribution in [0.3, 0.4) is 0 Å². The topological polar surface area (TPSA) is 53.8 Å². The van der Waals surface area contributed by atoms with Gasteiger partial charge in [0.2, 0.25) is 5.91 Å². The second-order valence-corrected chi connectivity index (χ2v) is 7.44. The Kier molecular flexibility index (Phi) is 5.76. The SMILES string of the molecule is C[C@@H]1CN(C(=O)[C@H](C)N2CCN(Cc3nccn3C)CC2)C[C@@H](C)O1. The van der Waals surface area contributed by atoms with Crippen molar-refractivity contribution < 1.29 is 9.53 Å². The molecule has 3 atom stereocenters. The third-order valence-electron chi connectivity index (χ3n) is 5.33. The lowest BCUT2D eigenvalue weighted by Crippen LogP contribution is -2.57. The Hall–Kier alpha value is -1.44. The van der Waals surface area contributed by atoms with Gasteiger partial charge in [-0.2, -0.15) is 0 Å². The molecule has 0 spiro atoms. The normalized spacial score (nSPS) is 27.4. The number of carbonyl (C=O) groups is 1. The lowest BCUT2D eigenvalue weighted by Gasteiger charge is -2.41. The van der Waals surface area contributed by atoms with Crippen molar-refractivity contribution in [3.05, 3.63) is 18.2 Å². The minimum Gasteiger partial charge on any atom is -0.372 e. The molecule has 140 valence electrons. The second-order valence-electron chi connectivity index (χ2n) is 7.44. The number of aromatic nitrogens is 2. The van der Waals surface area contributed by atoms with Gasteiger partial charge in [0.25, 0.3) is 0 Å². The molecule has 2 aliphatic rings. The Morgan fingerprint density at radius 3 is 2.44 bits per heavy atom. The van der Waals surface area contributed by atoms with E-state index in [0.29, 0.717) is 13.1 Å². The lowest BCUT2D eigenvalue weighted by atomic mass is 10.1. The van der Waals surface area contributed by atoms with Crippen LogP contribution in [0.1, 0.15) is 26.6 Å². The highest BCUT2D eigenvalue weighted by Gasteiger charge is 2.32. The van der Waals surface area contributed by atoms with Crippen molar-refractivity contribution in [2.24, 2.45) is 7.05 Å². The van der Waals surface area contributed by atoms with Crippen molar-refractivity contribution in [2.75, 3.05) is 39.3 Å². The van der Waals surface area contributed by atoms with Gasteiger partial charge in [0.05, 0.1) is 24.8 Å². The monoisotopic (exact) mass is 349 g/mol. The highest BCUT2D eigenvalue weighted by molar-refractivity contribution is 5.81. The molecule has 0 N–H and O–H groups in total. The van der Waals surface area contributed by atoms with Crippen LogP contribution in [-0.4, -0.2) is 87.7 Å². The predicted molar refractivity (Wildman–Crippen MR) is 96.1 cm³/mol. The average Bonchev–Trinajstić information content (AvgIpc) is 2.98. The van der Waals surface area contributed by atoms with Crippen LogP contribution < -0.4 is 0 Å². The number of rotatable bonds is 4. The molecule has 2 aliphatic heterocycles. The summed E-state index contributed by atoms with van der Waals surface area (Å²) < 4.78 is 7.81. The molecule has 1 aromatic heterocycles. The molecule has 2 saturated heterocycles. The molecule has 0 radical (unpaired) electrons. The van der Waals surface area contributed by atoms with Gasteiger partial charge in [-0.25, -0.2) is 4.98 Å². The molecule has 7 nitrogen and oxygen atoms in total. The summed E-state index contributed by atoms with van der Waals surface area (Å²) in [6, 6.07) is -0.0622. The molecule has 0 aliphatic carbocycles. The third-order valence-corrected chi connectivity index (χ3v) is 5.33. The van der Waals surface area contributed by atoms with E-state index in [1.165, 1.54) is 0 Å². The van der Waals surface area contributed by atoms with Crippen LogP contribution in [0.15, 0.2) is 12.4 Å². The summed E-state index contributed by atoms with van der Waals surface area (Å²) >= 11 is 0. The third kappa shape index (κ3) is 4.40. The Morgan fingerprint density at radius 2 is 1.88 bits per heavy atom. The van der Waals surface area contributed by atoms with E-state index < -0.39 is 0 Å². The first-order chi connectivity index (χ1) is 11.9. The fourth-order valence-corrected chi connectivity index (χ4v) is 3.84.